The van der Waals surface area contributed by atoms with E-state index in [1.165, 1.54) is 0 Å². The van der Waals surface area contributed by atoms with Crippen LogP contribution in [-0.4, -0.2) is 96.0 Å². The molecule has 1 aliphatic heterocycles. The lowest BCUT2D eigenvalue weighted by molar-refractivity contribution is 0.0383. The van der Waals surface area contributed by atoms with Crippen LogP contribution >= 0.6 is 0 Å². The largest absolute Gasteiger partial charge is 0.379 e. The van der Waals surface area contributed by atoms with Crippen LogP contribution in [-0.2, 0) is 25.9 Å². The Labute approximate surface area is 269 Å². The predicted molar refractivity (Wildman–Crippen MR) is 173 cm³/mol. The SMILES string of the molecule is Cn1cc(NC(=O)c2cc(NC(=O)c3cc(NC(=O)c4cn5cccnc5n4)cn3C)cn2C)cc1C(=O)NCCN1CCOCC1. The molecular formula is C31H35N11O5. The van der Waals surface area contributed by atoms with Gasteiger partial charge in [-0.05, 0) is 24.3 Å². The van der Waals surface area contributed by atoms with Crippen LogP contribution in [0.15, 0.2) is 61.4 Å². The van der Waals surface area contributed by atoms with Gasteiger partial charge < -0.3 is 39.7 Å². The molecule has 244 valence electrons. The fourth-order valence-corrected chi connectivity index (χ4v) is 5.34. The number of rotatable bonds is 10. The molecule has 0 unspecified atom stereocenters. The number of carbonyl (C=O) groups is 4. The molecule has 0 aromatic carbocycles. The number of hydrogen-bond donors (Lipinski definition) is 4. The first kappa shape index (κ1) is 31.3. The number of nitrogens with zero attached hydrogens (tertiary/aromatic N) is 7. The summed E-state index contributed by atoms with van der Waals surface area (Å²) < 4.78 is 11.8. The number of hydrogen-bond acceptors (Lipinski definition) is 8. The number of fused-ring (bicyclic) bond motifs is 1. The van der Waals surface area contributed by atoms with Gasteiger partial charge in [-0.2, -0.15) is 0 Å². The average Bonchev–Trinajstić information content (AvgIpc) is 3.82. The molecule has 16 heteroatoms. The number of aryl methyl sites for hydroxylation is 3. The van der Waals surface area contributed by atoms with Crippen LogP contribution in [0, 0.1) is 0 Å². The average molecular weight is 642 g/mol. The summed E-state index contributed by atoms with van der Waals surface area (Å²) in [5.41, 5.74) is 2.45. The highest BCUT2D eigenvalue weighted by atomic mass is 16.5. The highest BCUT2D eigenvalue weighted by molar-refractivity contribution is 6.08. The maximum Gasteiger partial charge on any atom is 0.275 e. The molecule has 0 atom stereocenters. The lowest BCUT2D eigenvalue weighted by Crippen LogP contribution is -2.41. The Hall–Kier alpha value is -5.74. The molecule has 1 fully saturated rings. The molecular weight excluding hydrogens is 606 g/mol. The third-order valence-electron chi connectivity index (χ3n) is 7.77. The van der Waals surface area contributed by atoms with E-state index in [1.807, 2.05) is 0 Å². The summed E-state index contributed by atoms with van der Waals surface area (Å²) in [6.45, 7) is 4.32. The van der Waals surface area contributed by atoms with E-state index in [1.54, 1.807) is 101 Å². The van der Waals surface area contributed by atoms with Crippen molar-refractivity contribution in [1.82, 2.24) is 38.3 Å². The summed E-state index contributed by atoms with van der Waals surface area (Å²) in [5.74, 6) is -1.13. The Morgan fingerprint density at radius 3 is 1.83 bits per heavy atom. The van der Waals surface area contributed by atoms with Crippen molar-refractivity contribution >= 4 is 46.5 Å². The van der Waals surface area contributed by atoms with Crippen molar-refractivity contribution in [3.63, 3.8) is 0 Å². The maximum atomic E-state index is 13.2. The summed E-state index contributed by atoms with van der Waals surface area (Å²) >= 11 is 0. The number of ether oxygens (including phenoxy) is 1. The highest BCUT2D eigenvalue weighted by Gasteiger charge is 2.20. The zero-order valence-corrected chi connectivity index (χ0v) is 26.2. The predicted octanol–water partition coefficient (Wildman–Crippen LogP) is 1.56. The van der Waals surface area contributed by atoms with Gasteiger partial charge in [0, 0.05) is 84.5 Å². The highest BCUT2D eigenvalue weighted by Crippen LogP contribution is 2.20. The van der Waals surface area contributed by atoms with Crippen molar-refractivity contribution in [3.8, 4) is 0 Å². The van der Waals surface area contributed by atoms with Gasteiger partial charge in [-0.1, -0.05) is 0 Å². The van der Waals surface area contributed by atoms with E-state index in [2.05, 4.69) is 36.1 Å². The molecule has 47 heavy (non-hydrogen) atoms. The third-order valence-corrected chi connectivity index (χ3v) is 7.77. The first-order valence-electron chi connectivity index (χ1n) is 15.0. The molecule has 5 aromatic heterocycles. The van der Waals surface area contributed by atoms with Gasteiger partial charge in [0.1, 0.15) is 22.8 Å². The summed E-state index contributed by atoms with van der Waals surface area (Å²) in [5, 5.41) is 11.3. The third kappa shape index (κ3) is 7.08. The van der Waals surface area contributed by atoms with Crippen LogP contribution in [0.5, 0.6) is 0 Å². The normalized spacial score (nSPS) is 13.4. The summed E-state index contributed by atoms with van der Waals surface area (Å²) in [6, 6.07) is 6.45. The molecule has 1 saturated heterocycles. The number of morpholine rings is 1. The van der Waals surface area contributed by atoms with Gasteiger partial charge in [-0.3, -0.25) is 28.5 Å². The van der Waals surface area contributed by atoms with Crippen molar-refractivity contribution in [2.45, 2.75) is 0 Å². The van der Waals surface area contributed by atoms with Gasteiger partial charge >= 0.3 is 0 Å². The topological polar surface area (TPSA) is 174 Å². The second-order valence-electron chi connectivity index (χ2n) is 11.2. The Bertz CT molecular complexity index is 1930. The van der Waals surface area contributed by atoms with Crippen LogP contribution in [0.25, 0.3) is 5.78 Å². The van der Waals surface area contributed by atoms with Crippen LogP contribution in [0.1, 0.15) is 42.0 Å². The number of nitrogens with one attached hydrogen (secondary N) is 4. The fourth-order valence-electron chi connectivity index (χ4n) is 5.34. The Morgan fingerprint density at radius 2 is 1.28 bits per heavy atom. The molecule has 0 saturated carbocycles. The van der Waals surface area contributed by atoms with Crippen molar-refractivity contribution in [1.29, 1.82) is 0 Å². The summed E-state index contributed by atoms with van der Waals surface area (Å²) in [7, 11) is 5.11. The second kappa shape index (κ2) is 13.3. The molecule has 4 N–H and O–H groups in total. The molecule has 16 nitrogen and oxygen atoms in total. The summed E-state index contributed by atoms with van der Waals surface area (Å²) in [4.78, 5) is 62.4. The maximum absolute atomic E-state index is 13.2. The fraction of sp³-hybridized carbons (Fsp3) is 0.290. The zero-order chi connectivity index (χ0) is 33.1. The van der Waals surface area contributed by atoms with E-state index in [4.69, 9.17) is 4.74 Å². The van der Waals surface area contributed by atoms with Crippen LogP contribution in [0.3, 0.4) is 0 Å². The molecule has 0 aliphatic carbocycles. The van der Waals surface area contributed by atoms with Gasteiger partial charge in [0.05, 0.1) is 30.3 Å². The van der Waals surface area contributed by atoms with E-state index in [0.29, 0.717) is 54.0 Å². The minimum absolute atomic E-state index is 0.183. The van der Waals surface area contributed by atoms with Gasteiger partial charge in [-0.25, -0.2) is 9.97 Å². The van der Waals surface area contributed by atoms with Gasteiger partial charge in [0.2, 0.25) is 5.78 Å². The minimum Gasteiger partial charge on any atom is -0.379 e. The molecule has 1 aliphatic rings. The van der Waals surface area contributed by atoms with E-state index in [0.717, 1.165) is 19.6 Å². The lowest BCUT2D eigenvalue weighted by atomic mass is 10.3. The Morgan fingerprint density at radius 1 is 0.745 bits per heavy atom. The first-order valence-corrected chi connectivity index (χ1v) is 15.0. The van der Waals surface area contributed by atoms with Crippen LogP contribution < -0.4 is 21.3 Å². The van der Waals surface area contributed by atoms with Crippen molar-refractivity contribution in [2.24, 2.45) is 21.1 Å². The smallest absolute Gasteiger partial charge is 0.275 e. The molecule has 5 aromatic rings. The second-order valence-corrected chi connectivity index (χ2v) is 11.2. The van der Waals surface area contributed by atoms with Crippen molar-refractivity contribution in [2.75, 3.05) is 55.3 Å². The molecule has 4 amide bonds. The molecule has 0 radical (unpaired) electrons. The van der Waals surface area contributed by atoms with Gasteiger partial charge in [-0.15, -0.1) is 0 Å². The van der Waals surface area contributed by atoms with E-state index >= 15 is 0 Å². The number of imidazole rings is 1. The lowest BCUT2D eigenvalue weighted by Gasteiger charge is -2.26. The molecule has 0 bridgehead atoms. The molecule has 0 spiro atoms. The van der Waals surface area contributed by atoms with Crippen LogP contribution in [0.2, 0.25) is 0 Å². The van der Waals surface area contributed by atoms with E-state index in [9.17, 15) is 19.2 Å². The quantitative estimate of drug-likeness (QED) is 0.178. The Kier molecular flexibility index (Phi) is 8.86. The number of aromatic nitrogens is 6. The van der Waals surface area contributed by atoms with E-state index < -0.39 is 17.7 Å². The van der Waals surface area contributed by atoms with Gasteiger partial charge in [0.25, 0.3) is 23.6 Å². The van der Waals surface area contributed by atoms with Crippen molar-refractivity contribution < 1.29 is 23.9 Å². The monoisotopic (exact) mass is 641 g/mol. The van der Waals surface area contributed by atoms with Crippen LogP contribution in [0.4, 0.5) is 17.1 Å². The first-order chi connectivity index (χ1) is 22.6. The standard InChI is InChI=1S/C31H35N11O5/c1-38-17-21(13-24(38)28(44)32-6-8-41-9-11-47-12-10-41)35-30(46)26-15-22(18-40(26)3)36-29(45)25-14-20(16-39(25)2)34-27(43)23-19-42-7-4-5-33-31(42)37-23/h4-5,7,13-19H,6,8-12H2,1-3H3,(H,32,44)(H,34,43)(H,35,46)(H,36,45). The molecule has 6 rings (SSSR count). The van der Waals surface area contributed by atoms with Crippen molar-refractivity contribution in [3.05, 3.63) is 84.2 Å². The molecule has 6 heterocycles. The number of carbonyl (C=O) groups excluding carboxylic acids is 4. The zero-order valence-electron chi connectivity index (χ0n) is 26.2. The van der Waals surface area contributed by atoms with E-state index in [-0.39, 0.29) is 17.3 Å². The van der Waals surface area contributed by atoms with Gasteiger partial charge in [0.15, 0.2) is 0 Å². The minimum atomic E-state index is -0.443. The summed E-state index contributed by atoms with van der Waals surface area (Å²) in [6.07, 6.45) is 9.79. The number of amides is 4. The number of anilines is 3. The Balaban J connectivity index is 1.04.